The fourth-order valence-electron chi connectivity index (χ4n) is 4.56. The molecule has 0 bridgehead atoms. The van der Waals surface area contributed by atoms with Gasteiger partial charge in [0.25, 0.3) is 0 Å². The number of ether oxygens (including phenoxy) is 1. The van der Waals surface area contributed by atoms with Crippen LogP contribution in [0.5, 0.6) is 0 Å². The van der Waals surface area contributed by atoms with Gasteiger partial charge in [0.15, 0.2) is 0 Å². The highest BCUT2D eigenvalue weighted by Crippen LogP contribution is 2.50. The third-order valence-electron chi connectivity index (χ3n) is 6.41. The molecule has 0 N–H and O–H groups in total. The number of nitrogens with zero attached hydrogens (tertiary/aromatic N) is 1. The van der Waals surface area contributed by atoms with Crippen molar-refractivity contribution in [2.24, 2.45) is 17.3 Å². The Hall–Kier alpha value is -0.0800. The van der Waals surface area contributed by atoms with Gasteiger partial charge in [-0.25, -0.2) is 0 Å². The van der Waals surface area contributed by atoms with Crippen LogP contribution in [0.25, 0.3) is 0 Å². The molecule has 0 aromatic heterocycles. The van der Waals surface area contributed by atoms with E-state index in [0.29, 0.717) is 11.5 Å². The average molecular weight is 338 g/mol. The van der Waals surface area contributed by atoms with E-state index in [1.54, 1.807) is 0 Å². The summed E-state index contributed by atoms with van der Waals surface area (Å²) in [5, 5.41) is 0. The summed E-state index contributed by atoms with van der Waals surface area (Å²) in [5.74, 6) is 1.65. The van der Waals surface area contributed by atoms with Gasteiger partial charge in [-0.15, -0.1) is 0 Å². The molecule has 0 radical (unpaired) electrons. The second-order valence-electron chi connectivity index (χ2n) is 9.34. The molecule has 2 heteroatoms. The minimum atomic E-state index is 0.577. The van der Waals surface area contributed by atoms with E-state index in [4.69, 9.17) is 4.74 Å². The summed E-state index contributed by atoms with van der Waals surface area (Å²) in [7, 11) is 0. The van der Waals surface area contributed by atoms with Crippen LogP contribution in [0.2, 0.25) is 0 Å². The van der Waals surface area contributed by atoms with Gasteiger partial charge in [-0.05, 0) is 68.9 Å². The van der Waals surface area contributed by atoms with Crippen molar-refractivity contribution in [3.63, 3.8) is 0 Å². The van der Waals surface area contributed by atoms with Crippen molar-refractivity contribution in [2.75, 3.05) is 26.2 Å². The van der Waals surface area contributed by atoms with Gasteiger partial charge >= 0.3 is 0 Å². The minimum absolute atomic E-state index is 0.577. The molecule has 24 heavy (non-hydrogen) atoms. The molecule has 1 heterocycles. The predicted octanol–water partition coefficient (Wildman–Crippen LogP) is 5.90. The Morgan fingerprint density at radius 3 is 2.33 bits per heavy atom. The number of hydrogen-bond donors (Lipinski definition) is 0. The van der Waals surface area contributed by atoms with Crippen molar-refractivity contribution in [1.82, 2.24) is 4.90 Å². The predicted molar refractivity (Wildman–Crippen MR) is 104 cm³/mol. The lowest BCUT2D eigenvalue weighted by Gasteiger charge is -2.52. The molecule has 0 aromatic rings. The summed E-state index contributed by atoms with van der Waals surface area (Å²) in [6.45, 7) is 14.3. The van der Waals surface area contributed by atoms with E-state index in [2.05, 4.69) is 32.6 Å². The first-order valence-corrected chi connectivity index (χ1v) is 10.9. The van der Waals surface area contributed by atoms with Crippen molar-refractivity contribution >= 4 is 0 Å². The Morgan fingerprint density at radius 2 is 1.71 bits per heavy atom. The van der Waals surface area contributed by atoms with Crippen molar-refractivity contribution in [3.05, 3.63) is 0 Å². The standard InChI is InChI=1S/C22H43NO/c1-5-6-7-8-9-20(4)18-23-13-11-22(12-14-23)16-21(17-22)24-15-10-19(2)3/h19-21H,5-18H2,1-4H3. The van der Waals surface area contributed by atoms with Crippen LogP contribution in [0.3, 0.4) is 0 Å². The normalized spacial score (nSPS) is 22.9. The molecule has 1 aliphatic carbocycles. The van der Waals surface area contributed by atoms with Gasteiger partial charge in [0.1, 0.15) is 0 Å². The lowest BCUT2D eigenvalue weighted by molar-refractivity contribution is -0.107. The van der Waals surface area contributed by atoms with Crippen molar-refractivity contribution < 1.29 is 4.74 Å². The van der Waals surface area contributed by atoms with E-state index in [1.807, 2.05) is 0 Å². The highest BCUT2D eigenvalue weighted by atomic mass is 16.5. The molecule has 1 atom stereocenters. The smallest absolute Gasteiger partial charge is 0.0585 e. The SMILES string of the molecule is CCCCCCC(C)CN1CCC2(CC1)CC(OCCC(C)C)C2. The van der Waals surface area contributed by atoms with Crippen LogP contribution in [0, 0.1) is 17.3 Å². The fourth-order valence-corrected chi connectivity index (χ4v) is 4.56. The summed E-state index contributed by atoms with van der Waals surface area (Å²) in [6.07, 6.45) is 14.4. The summed E-state index contributed by atoms with van der Waals surface area (Å²) < 4.78 is 6.06. The Bertz CT molecular complexity index is 325. The molecule has 2 nitrogen and oxygen atoms in total. The molecule has 142 valence electrons. The van der Waals surface area contributed by atoms with Gasteiger partial charge < -0.3 is 9.64 Å². The first kappa shape index (κ1) is 20.2. The van der Waals surface area contributed by atoms with E-state index in [0.717, 1.165) is 18.4 Å². The molecular weight excluding hydrogens is 294 g/mol. The number of unbranched alkanes of at least 4 members (excludes halogenated alkanes) is 3. The van der Waals surface area contributed by atoms with Gasteiger partial charge in [-0.3, -0.25) is 0 Å². The highest BCUT2D eigenvalue weighted by molar-refractivity contribution is 4.98. The summed E-state index contributed by atoms with van der Waals surface area (Å²) in [6, 6.07) is 0. The van der Waals surface area contributed by atoms with E-state index < -0.39 is 0 Å². The monoisotopic (exact) mass is 337 g/mol. The van der Waals surface area contributed by atoms with Gasteiger partial charge in [0, 0.05) is 13.2 Å². The first-order chi connectivity index (χ1) is 11.5. The second-order valence-corrected chi connectivity index (χ2v) is 9.34. The van der Waals surface area contributed by atoms with E-state index in [1.165, 1.54) is 83.8 Å². The molecule has 2 aliphatic rings. The van der Waals surface area contributed by atoms with Crippen LogP contribution >= 0.6 is 0 Å². The molecule has 1 aliphatic heterocycles. The van der Waals surface area contributed by atoms with E-state index >= 15 is 0 Å². The first-order valence-electron chi connectivity index (χ1n) is 10.9. The number of rotatable bonds is 11. The molecule has 2 rings (SSSR count). The third-order valence-corrected chi connectivity index (χ3v) is 6.41. The Kier molecular flexibility index (Phi) is 8.57. The second kappa shape index (κ2) is 10.2. The lowest BCUT2D eigenvalue weighted by atomic mass is 9.61. The molecule has 0 amide bonds. The molecule has 0 aromatic carbocycles. The highest BCUT2D eigenvalue weighted by Gasteiger charge is 2.46. The van der Waals surface area contributed by atoms with Crippen molar-refractivity contribution in [1.29, 1.82) is 0 Å². The van der Waals surface area contributed by atoms with Crippen LogP contribution in [0.1, 0.15) is 91.9 Å². The van der Waals surface area contributed by atoms with Crippen molar-refractivity contribution in [3.8, 4) is 0 Å². The maximum Gasteiger partial charge on any atom is 0.0585 e. The molecule has 1 saturated carbocycles. The zero-order valence-electron chi connectivity index (χ0n) is 17.0. The molecule has 1 saturated heterocycles. The van der Waals surface area contributed by atoms with Gasteiger partial charge in [0.05, 0.1) is 6.10 Å². The quantitative estimate of drug-likeness (QED) is 0.435. The maximum absolute atomic E-state index is 6.06. The summed E-state index contributed by atoms with van der Waals surface area (Å²) >= 11 is 0. The summed E-state index contributed by atoms with van der Waals surface area (Å²) in [5.41, 5.74) is 0.656. The molecule has 1 spiro atoms. The largest absolute Gasteiger partial charge is 0.378 e. The van der Waals surface area contributed by atoms with E-state index in [-0.39, 0.29) is 0 Å². The number of hydrogen-bond acceptors (Lipinski definition) is 2. The minimum Gasteiger partial charge on any atom is -0.378 e. The van der Waals surface area contributed by atoms with Crippen LogP contribution in [0.4, 0.5) is 0 Å². The Labute approximate surface area is 151 Å². The number of piperidine rings is 1. The van der Waals surface area contributed by atoms with Crippen molar-refractivity contribution in [2.45, 2.75) is 98.0 Å². The van der Waals surface area contributed by atoms with Gasteiger partial charge in [0.2, 0.25) is 0 Å². The topological polar surface area (TPSA) is 12.5 Å². The molecular formula is C22H43NO. The van der Waals surface area contributed by atoms with Crippen LogP contribution in [-0.4, -0.2) is 37.2 Å². The fraction of sp³-hybridized carbons (Fsp3) is 1.00. The number of likely N-dealkylation sites (tertiary alicyclic amines) is 1. The van der Waals surface area contributed by atoms with Crippen LogP contribution in [-0.2, 0) is 4.74 Å². The Morgan fingerprint density at radius 1 is 1.00 bits per heavy atom. The Balaban J connectivity index is 1.54. The zero-order chi connectivity index (χ0) is 17.4. The third kappa shape index (κ3) is 6.67. The van der Waals surface area contributed by atoms with Gasteiger partial charge in [-0.1, -0.05) is 53.4 Å². The zero-order valence-corrected chi connectivity index (χ0v) is 17.0. The molecule has 2 fully saturated rings. The lowest BCUT2D eigenvalue weighted by Crippen LogP contribution is -2.50. The maximum atomic E-state index is 6.06. The van der Waals surface area contributed by atoms with E-state index in [9.17, 15) is 0 Å². The summed E-state index contributed by atoms with van der Waals surface area (Å²) in [4.78, 5) is 2.74. The van der Waals surface area contributed by atoms with Gasteiger partial charge in [-0.2, -0.15) is 0 Å². The molecule has 1 unspecified atom stereocenters. The van der Waals surface area contributed by atoms with Crippen LogP contribution < -0.4 is 0 Å². The van der Waals surface area contributed by atoms with Crippen LogP contribution in [0.15, 0.2) is 0 Å². The average Bonchev–Trinajstić information content (AvgIpc) is 2.51.